The summed E-state index contributed by atoms with van der Waals surface area (Å²) in [6.07, 6.45) is 14.3. The SMILES string of the molecule is CCCCCCCCCC1OC1C(=O)/C=C\CCC(C)C(=O)O. The molecular formula is C19H32O4. The highest BCUT2D eigenvalue weighted by molar-refractivity contribution is 5.95. The van der Waals surface area contributed by atoms with Crippen molar-refractivity contribution in [2.24, 2.45) is 5.92 Å². The molecule has 1 N–H and O–H groups in total. The summed E-state index contributed by atoms with van der Waals surface area (Å²) in [5.74, 6) is -1.12. The van der Waals surface area contributed by atoms with Crippen LogP contribution >= 0.6 is 0 Å². The maximum atomic E-state index is 11.9. The van der Waals surface area contributed by atoms with E-state index in [1.54, 1.807) is 19.1 Å². The van der Waals surface area contributed by atoms with E-state index in [4.69, 9.17) is 9.84 Å². The standard InChI is InChI=1S/C19H32O4/c1-3-4-5-6-7-8-9-14-17-18(23-17)16(20)13-11-10-12-15(2)19(21)22/h11,13,15,17-18H,3-10,12,14H2,1-2H3,(H,21,22)/b13-11-. The Morgan fingerprint density at radius 1 is 1.13 bits per heavy atom. The van der Waals surface area contributed by atoms with Crippen LogP contribution in [0.1, 0.15) is 78.1 Å². The molecule has 132 valence electrons. The molecule has 0 aromatic rings. The van der Waals surface area contributed by atoms with Gasteiger partial charge >= 0.3 is 5.97 Å². The molecule has 0 aromatic carbocycles. The fraction of sp³-hybridized carbons (Fsp3) is 0.789. The Bertz CT molecular complexity index is 389. The van der Waals surface area contributed by atoms with Gasteiger partial charge in [0.15, 0.2) is 5.78 Å². The predicted octanol–water partition coefficient (Wildman–Crippen LogP) is 4.52. The van der Waals surface area contributed by atoms with Crippen molar-refractivity contribution in [3.05, 3.63) is 12.2 Å². The van der Waals surface area contributed by atoms with Crippen molar-refractivity contribution >= 4 is 11.8 Å². The van der Waals surface area contributed by atoms with Gasteiger partial charge in [-0.25, -0.2) is 0 Å². The Balaban J connectivity index is 2.01. The number of carbonyl (C=O) groups excluding carboxylic acids is 1. The van der Waals surface area contributed by atoms with Crippen LogP contribution in [-0.2, 0) is 14.3 Å². The summed E-state index contributed by atoms with van der Waals surface area (Å²) < 4.78 is 5.45. The number of carboxylic acid groups (broad SMARTS) is 1. The zero-order valence-corrected chi connectivity index (χ0v) is 14.6. The zero-order chi connectivity index (χ0) is 17.1. The summed E-state index contributed by atoms with van der Waals surface area (Å²) in [7, 11) is 0. The maximum absolute atomic E-state index is 11.9. The van der Waals surface area contributed by atoms with Crippen LogP contribution < -0.4 is 0 Å². The summed E-state index contributed by atoms with van der Waals surface area (Å²) in [6.45, 7) is 3.91. The van der Waals surface area contributed by atoms with Gasteiger partial charge in [-0.15, -0.1) is 0 Å². The molecule has 4 heteroatoms. The summed E-state index contributed by atoms with van der Waals surface area (Å²) in [5.41, 5.74) is 0. The van der Waals surface area contributed by atoms with Gasteiger partial charge in [-0.3, -0.25) is 9.59 Å². The Morgan fingerprint density at radius 3 is 2.43 bits per heavy atom. The minimum atomic E-state index is -0.787. The smallest absolute Gasteiger partial charge is 0.306 e. The molecule has 1 rings (SSSR count). The molecule has 1 saturated heterocycles. The van der Waals surface area contributed by atoms with Gasteiger partial charge in [-0.2, -0.15) is 0 Å². The van der Waals surface area contributed by atoms with Gasteiger partial charge in [0, 0.05) is 0 Å². The van der Waals surface area contributed by atoms with Crippen molar-refractivity contribution in [3.8, 4) is 0 Å². The van der Waals surface area contributed by atoms with Gasteiger partial charge in [0.1, 0.15) is 6.10 Å². The molecule has 0 aliphatic carbocycles. The summed E-state index contributed by atoms with van der Waals surface area (Å²) in [4.78, 5) is 22.5. The Labute approximate surface area is 140 Å². The number of rotatable bonds is 14. The third-order valence-corrected chi connectivity index (χ3v) is 4.43. The molecule has 1 fully saturated rings. The molecule has 1 aliphatic rings. The number of ketones is 1. The largest absolute Gasteiger partial charge is 0.481 e. The molecule has 1 aliphatic heterocycles. The number of hydrogen-bond acceptors (Lipinski definition) is 3. The molecule has 3 unspecified atom stereocenters. The molecular weight excluding hydrogens is 292 g/mol. The van der Waals surface area contributed by atoms with E-state index in [1.165, 1.54) is 38.5 Å². The van der Waals surface area contributed by atoms with Crippen LogP contribution in [-0.4, -0.2) is 29.1 Å². The van der Waals surface area contributed by atoms with E-state index in [-0.39, 0.29) is 23.9 Å². The lowest BCUT2D eigenvalue weighted by Crippen LogP contribution is -2.09. The second-order valence-electron chi connectivity index (χ2n) is 6.63. The average Bonchev–Trinajstić information content (AvgIpc) is 3.29. The van der Waals surface area contributed by atoms with Crippen molar-refractivity contribution in [3.63, 3.8) is 0 Å². The van der Waals surface area contributed by atoms with Crippen molar-refractivity contribution in [1.82, 2.24) is 0 Å². The predicted molar refractivity (Wildman–Crippen MR) is 91.5 cm³/mol. The molecule has 4 nitrogen and oxygen atoms in total. The number of unbranched alkanes of at least 4 members (excludes halogenated alkanes) is 6. The van der Waals surface area contributed by atoms with Gasteiger partial charge < -0.3 is 9.84 Å². The number of hydrogen-bond donors (Lipinski definition) is 1. The van der Waals surface area contributed by atoms with Crippen molar-refractivity contribution in [2.45, 2.75) is 90.3 Å². The second-order valence-corrected chi connectivity index (χ2v) is 6.63. The molecule has 0 bridgehead atoms. The van der Waals surface area contributed by atoms with Crippen LogP contribution in [0.4, 0.5) is 0 Å². The Morgan fingerprint density at radius 2 is 1.78 bits per heavy atom. The first-order valence-electron chi connectivity index (χ1n) is 9.15. The third-order valence-electron chi connectivity index (χ3n) is 4.43. The first-order valence-corrected chi connectivity index (χ1v) is 9.15. The molecule has 0 aromatic heterocycles. The van der Waals surface area contributed by atoms with Gasteiger partial charge in [0.2, 0.25) is 0 Å². The van der Waals surface area contributed by atoms with Crippen LogP contribution in [0.25, 0.3) is 0 Å². The van der Waals surface area contributed by atoms with Crippen LogP contribution in [0.2, 0.25) is 0 Å². The summed E-state index contributed by atoms with van der Waals surface area (Å²) >= 11 is 0. The first kappa shape index (κ1) is 19.9. The van der Waals surface area contributed by atoms with Gasteiger partial charge in [0.05, 0.1) is 12.0 Å². The van der Waals surface area contributed by atoms with E-state index in [9.17, 15) is 9.59 Å². The van der Waals surface area contributed by atoms with E-state index in [0.29, 0.717) is 12.8 Å². The fourth-order valence-corrected chi connectivity index (χ4v) is 2.68. The summed E-state index contributed by atoms with van der Waals surface area (Å²) in [6, 6.07) is 0. The molecule has 0 amide bonds. The molecule has 3 atom stereocenters. The average molecular weight is 324 g/mol. The number of aliphatic carboxylic acids is 1. The van der Waals surface area contributed by atoms with Crippen LogP contribution in [0.5, 0.6) is 0 Å². The molecule has 0 spiro atoms. The normalized spacial score (nSPS) is 21.5. The minimum Gasteiger partial charge on any atom is -0.481 e. The minimum absolute atomic E-state index is 0.0286. The van der Waals surface area contributed by atoms with Gasteiger partial charge in [-0.05, 0) is 25.3 Å². The number of carboxylic acids is 1. The summed E-state index contributed by atoms with van der Waals surface area (Å²) in [5, 5.41) is 8.78. The highest BCUT2D eigenvalue weighted by atomic mass is 16.6. The third kappa shape index (κ3) is 8.89. The fourth-order valence-electron chi connectivity index (χ4n) is 2.68. The number of ether oxygens (including phenoxy) is 1. The van der Waals surface area contributed by atoms with Crippen LogP contribution in [0.3, 0.4) is 0 Å². The maximum Gasteiger partial charge on any atom is 0.306 e. The lowest BCUT2D eigenvalue weighted by Gasteiger charge is -2.01. The second kappa shape index (κ2) is 11.4. The van der Waals surface area contributed by atoms with E-state index in [0.717, 1.165) is 12.8 Å². The van der Waals surface area contributed by atoms with E-state index in [1.807, 2.05) is 0 Å². The Kier molecular flexibility index (Phi) is 9.85. The number of epoxide rings is 1. The van der Waals surface area contributed by atoms with Crippen molar-refractivity contribution < 1.29 is 19.4 Å². The number of allylic oxidation sites excluding steroid dienone is 1. The Hall–Kier alpha value is -1.16. The van der Waals surface area contributed by atoms with E-state index in [2.05, 4.69) is 6.92 Å². The van der Waals surface area contributed by atoms with Crippen LogP contribution in [0.15, 0.2) is 12.2 Å². The van der Waals surface area contributed by atoms with Crippen LogP contribution in [0, 0.1) is 5.92 Å². The lowest BCUT2D eigenvalue weighted by molar-refractivity contribution is -0.141. The lowest BCUT2D eigenvalue weighted by atomic mass is 10.0. The van der Waals surface area contributed by atoms with Crippen molar-refractivity contribution in [2.75, 3.05) is 0 Å². The first-order chi connectivity index (χ1) is 11.1. The topological polar surface area (TPSA) is 66.9 Å². The van der Waals surface area contributed by atoms with Gasteiger partial charge in [-0.1, -0.05) is 64.9 Å². The zero-order valence-electron chi connectivity index (χ0n) is 14.6. The van der Waals surface area contributed by atoms with E-state index < -0.39 is 5.97 Å². The molecule has 0 saturated carbocycles. The molecule has 1 heterocycles. The molecule has 23 heavy (non-hydrogen) atoms. The number of carbonyl (C=O) groups is 2. The molecule has 0 radical (unpaired) electrons. The highest BCUT2D eigenvalue weighted by Gasteiger charge is 2.42. The van der Waals surface area contributed by atoms with Gasteiger partial charge in [0.25, 0.3) is 0 Å². The van der Waals surface area contributed by atoms with E-state index >= 15 is 0 Å². The highest BCUT2D eigenvalue weighted by Crippen LogP contribution is 2.28. The quantitative estimate of drug-likeness (QED) is 0.290. The van der Waals surface area contributed by atoms with Crippen molar-refractivity contribution in [1.29, 1.82) is 0 Å². The monoisotopic (exact) mass is 324 g/mol.